The van der Waals surface area contributed by atoms with Crippen molar-refractivity contribution in [1.29, 1.82) is 0 Å². The van der Waals surface area contributed by atoms with Crippen molar-refractivity contribution in [3.63, 3.8) is 0 Å². The fourth-order valence-corrected chi connectivity index (χ4v) is 2.97. The molecule has 0 heterocycles. The predicted octanol–water partition coefficient (Wildman–Crippen LogP) is 5.14. The number of carbonyl (C=O) groups is 2. The minimum absolute atomic E-state index is 0.110. The molecular formula is C18H25Cl4NO3. The van der Waals surface area contributed by atoms with Crippen molar-refractivity contribution in [3.05, 3.63) is 10.6 Å². The zero-order valence-electron chi connectivity index (χ0n) is 14.8. The number of nitrogens with one attached hydrogen (secondary N) is 1. The van der Waals surface area contributed by atoms with Gasteiger partial charge in [-0.3, -0.25) is 9.59 Å². The van der Waals surface area contributed by atoms with Crippen LogP contribution in [0.5, 0.6) is 0 Å². The lowest BCUT2D eigenvalue weighted by atomic mass is 9.90. The summed E-state index contributed by atoms with van der Waals surface area (Å²) in [6, 6.07) is -0.289. The predicted molar refractivity (Wildman–Crippen MR) is 108 cm³/mol. The number of carbonyl (C=O) groups excluding carboxylic acids is 2. The van der Waals surface area contributed by atoms with Crippen molar-refractivity contribution >= 4 is 58.8 Å². The van der Waals surface area contributed by atoms with E-state index in [2.05, 4.69) is 17.2 Å². The summed E-state index contributed by atoms with van der Waals surface area (Å²) in [6.07, 6.45) is 7.97. The third-order valence-electron chi connectivity index (χ3n) is 3.81. The van der Waals surface area contributed by atoms with Crippen LogP contribution < -0.4 is 5.32 Å². The molecule has 0 aliphatic carbocycles. The molecule has 0 aromatic carbocycles. The van der Waals surface area contributed by atoms with Gasteiger partial charge in [0.15, 0.2) is 0 Å². The Morgan fingerprint density at radius 2 is 1.81 bits per heavy atom. The molecule has 0 aromatic rings. The number of hydrogen-bond donors (Lipinski definition) is 1. The van der Waals surface area contributed by atoms with Gasteiger partial charge in [-0.05, 0) is 25.7 Å². The van der Waals surface area contributed by atoms with Crippen LogP contribution in [0, 0.1) is 17.8 Å². The lowest BCUT2D eigenvalue weighted by Crippen LogP contribution is -2.40. The van der Waals surface area contributed by atoms with Gasteiger partial charge in [0.05, 0.1) is 13.0 Å². The van der Waals surface area contributed by atoms with E-state index in [9.17, 15) is 9.59 Å². The molecule has 0 saturated carbocycles. The van der Waals surface area contributed by atoms with Crippen LogP contribution in [-0.4, -0.2) is 30.4 Å². The average molecular weight is 445 g/mol. The minimum atomic E-state index is -0.391. The summed E-state index contributed by atoms with van der Waals surface area (Å²) >= 11 is 22.4. The van der Waals surface area contributed by atoms with Crippen LogP contribution in [0.15, 0.2) is 10.6 Å². The molecule has 0 rings (SSSR count). The van der Waals surface area contributed by atoms with Crippen molar-refractivity contribution < 1.29 is 14.3 Å². The highest BCUT2D eigenvalue weighted by Gasteiger charge is 2.28. The molecule has 0 fully saturated rings. The third-order valence-corrected chi connectivity index (χ3v) is 4.46. The summed E-state index contributed by atoms with van der Waals surface area (Å²) in [7, 11) is 1.35. The monoisotopic (exact) mass is 443 g/mol. The molecule has 0 bridgehead atoms. The molecule has 0 aliphatic heterocycles. The van der Waals surface area contributed by atoms with E-state index in [0.29, 0.717) is 25.7 Å². The normalized spacial score (nSPS) is 12.5. The molecule has 8 heteroatoms. The maximum Gasteiger partial charge on any atom is 0.310 e. The smallest absolute Gasteiger partial charge is 0.310 e. The summed E-state index contributed by atoms with van der Waals surface area (Å²) in [5.74, 6) is 4.94. The van der Waals surface area contributed by atoms with E-state index in [0.717, 1.165) is 32.1 Å². The highest BCUT2D eigenvalue weighted by Crippen LogP contribution is 2.21. The Balaban J connectivity index is 4.57. The van der Waals surface area contributed by atoms with Gasteiger partial charge in [-0.25, -0.2) is 0 Å². The number of allylic oxidation sites excluding steroid dienone is 1. The van der Waals surface area contributed by atoms with Crippen LogP contribution >= 0.6 is 46.4 Å². The standard InChI is InChI=1S/C18H25Cl4NO3/c1-26-18(25)14(9-5-4-8-12-17(21)22)15(23-13-24)10-6-2-3-7-11-16(19)20/h11,13-15,17H,2,4-6,8-10,12H2,1H3,(H,23,24). The minimum Gasteiger partial charge on any atom is -0.469 e. The van der Waals surface area contributed by atoms with Gasteiger partial charge in [0, 0.05) is 18.5 Å². The summed E-state index contributed by atoms with van der Waals surface area (Å²) in [4.78, 5) is 22.7. The number of unbranched alkanes of at least 4 members (excludes halogenated alkanes) is 3. The number of amides is 1. The van der Waals surface area contributed by atoms with Crippen molar-refractivity contribution in [3.8, 4) is 11.8 Å². The fraction of sp³-hybridized carbons (Fsp3) is 0.667. The second kappa shape index (κ2) is 16.6. The molecule has 0 aromatic heterocycles. The fourth-order valence-electron chi connectivity index (χ4n) is 2.55. The Morgan fingerprint density at radius 1 is 1.12 bits per heavy atom. The van der Waals surface area contributed by atoms with E-state index < -0.39 is 5.92 Å². The average Bonchev–Trinajstić information content (AvgIpc) is 2.59. The first kappa shape index (κ1) is 25.4. The molecule has 0 saturated heterocycles. The molecule has 1 amide bonds. The molecular weight excluding hydrogens is 420 g/mol. The summed E-state index contributed by atoms with van der Waals surface area (Å²) in [5.41, 5.74) is 0. The van der Waals surface area contributed by atoms with Gasteiger partial charge in [0.2, 0.25) is 6.41 Å². The first-order valence-corrected chi connectivity index (χ1v) is 10.1. The third kappa shape index (κ3) is 13.6. The number of alkyl halides is 2. The molecule has 0 spiro atoms. The van der Waals surface area contributed by atoms with Crippen LogP contribution in [0.4, 0.5) is 0 Å². The van der Waals surface area contributed by atoms with Crippen molar-refractivity contribution in [2.75, 3.05) is 7.11 Å². The molecule has 2 unspecified atom stereocenters. The van der Waals surface area contributed by atoms with E-state index >= 15 is 0 Å². The number of rotatable bonds is 13. The molecule has 26 heavy (non-hydrogen) atoms. The van der Waals surface area contributed by atoms with E-state index in [4.69, 9.17) is 51.1 Å². The van der Waals surface area contributed by atoms with Gasteiger partial charge in [-0.15, -0.1) is 23.2 Å². The van der Waals surface area contributed by atoms with Gasteiger partial charge < -0.3 is 10.1 Å². The first-order chi connectivity index (χ1) is 12.4. The lowest BCUT2D eigenvalue weighted by molar-refractivity contribution is -0.147. The van der Waals surface area contributed by atoms with Gasteiger partial charge in [-0.2, -0.15) is 0 Å². The van der Waals surface area contributed by atoms with Gasteiger partial charge in [0.25, 0.3) is 0 Å². The Morgan fingerprint density at radius 3 is 2.38 bits per heavy atom. The van der Waals surface area contributed by atoms with Crippen molar-refractivity contribution in [1.82, 2.24) is 5.32 Å². The second-order valence-corrected chi connectivity index (χ2v) is 7.98. The van der Waals surface area contributed by atoms with E-state index in [1.54, 1.807) is 0 Å². The van der Waals surface area contributed by atoms with Gasteiger partial charge >= 0.3 is 5.97 Å². The molecule has 0 aliphatic rings. The van der Waals surface area contributed by atoms with Crippen LogP contribution in [0.25, 0.3) is 0 Å². The topological polar surface area (TPSA) is 55.4 Å². The quantitative estimate of drug-likeness (QED) is 0.141. The van der Waals surface area contributed by atoms with E-state index in [1.165, 1.54) is 13.2 Å². The van der Waals surface area contributed by atoms with Crippen molar-refractivity contribution in [2.24, 2.45) is 5.92 Å². The van der Waals surface area contributed by atoms with Crippen LogP contribution in [0.2, 0.25) is 0 Å². The Kier molecular flexibility index (Phi) is 16.2. The maximum atomic E-state index is 12.1. The van der Waals surface area contributed by atoms with E-state index in [-0.39, 0.29) is 21.3 Å². The van der Waals surface area contributed by atoms with Gasteiger partial charge in [-0.1, -0.05) is 54.3 Å². The number of ether oxygens (including phenoxy) is 1. The summed E-state index contributed by atoms with van der Waals surface area (Å²) < 4.78 is 5.01. The maximum absolute atomic E-state index is 12.1. The van der Waals surface area contributed by atoms with Gasteiger partial charge in [0.1, 0.15) is 9.33 Å². The van der Waals surface area contributed by atoms with Crippen LogP contribution in [0.1, 0.15) is 51.4 Å². The van der Waals surface area contributed by atoms with Crippen molar-refractivity contribution in [2.45, 2.75) is 62.2 Å². The largest absolute Gasteiger partial charge is 0.469 e. The Hall–Kier alpha value is -0.600. The molecule has 0 radical (unpaired) electrons. The second-order valence-electron chi connectivity index (χ2n) is 5.70. The SMILES string of the molecule is COC(=O)C(CCCCCC(Cl)Cl)C(CCCC#CC=C(Cl)Cl)NC=O. The molecule has 148 valence electrons. The van der Waals surface area contributed by atoms with Crippen LogP contribution in [0.3, 0.4) is 0 Å². The summed E-state index contributed by atoms with van der Waals surface area (Å²) in [5, 5.41) is 2.74. The zero-order valence-corrected chi connectivity index (χ0v) is 17.8. The van der Waals surface area contributed by atoms with Crippen LogP contribution in [-0.2, 0) is 14.3 Å². The Bertz CT molecular complexity index is 496. The highest BCUT2D eigenvalue weighted by atomic mass is 35.5. The number of halogens is 4. The highest BCUT2D eigenvalue weighted by molar-refractivity contribution is 6.56. The zero-order chi connectivity index (χ0) is 19.8. The summed E-state index contributed by atoms with van der Waals surface area (Å²) in [6.45, 7) is 0. The number of hydrogen-bond acceptors (Lipinski definition) is 3. The van der Waals surface area contributed by atoms with E-state index in [1.807, 2.05) is 0 Å². The first-order valence-electron chi connectivity index (χ1n) is 8.47. The Labute approximate surface area is 175 Å². The number of methoxy groups -OCH3 is 1. The molecule has 4 nitrogen and oxygen atoms in total. The molecule has 2 atom stereocenters. The molecule has 1 N–H and O–H groups in total. The number of esters is 1. The lowest BCUT2D eigenvalue weighted by Gasteiger charge is -2.24.